The molecule has 2 aliphatic heterocycles. The number of carbonyl (C=O) groups excluding carboxylic acids is 1. The summed E-state index contributed by atoms with van der Waals surface area (Å²) in [4.78, 5) is 14.3. The maximum atomic E-state index is 12.3. The molecule has 4 nitrogen and oxygen atoms in total. The van der Waals surface area contributed by atoms with Crippen molar-refractivity contribution in [3.63, 3.8) is 0 Å². The molecule has 0 aromatic rings. The van der Waals surface area contributed by atoms with E-state index < -0.39 is 15.3 Å². The molecule has 1 radical (unpaired) electrons. The van der Waals surface area contributed by atoms with Crippen LogP contribution in [0.3, 0.4) is 0 Å². The van der Waals surface area contributed by atoms with Gasteiger partial charge in [0.25, 0.3) is 5.91 Å². The normalized spacial score (nSPS) is 33.1. The van der Waals surface area contributed by atoms with Crippen molar-refractivity contribution in [1.82, 2.24) is 4.90 Å². The average molecular weight is 270 g/mol. The van der Waals surface area contributed by atoms with Gasteiger partial charge in [-0.2, -0.15) is 0 Å². The van der Waals surface area contributed by atoms with Crippen molar-refractivity contribution in [2.45, 2.75) is 52.6 Å². The Kier molecular flexibility index (Phi) is 3.85. The molecular weight excluding hydrogens is 246 g/mol. The molecule has 2 heterocycles. The molecule has 2 aliphatic rings. The number of carbonyl (C=O) groups is 1. The second kappa shape index (κ2) is 4.94. The molecule has 18 heavy (non-hydrogen) atoms. The highest BCUT2D eigenvalue weighted by Gasteiger charge is 2.45. The topological polar surface area (TPSA) is 38.8 Å². The minimum absolute atomic E-state index is 0.0317. The molecule has 0 N–H and O–H groups in total. The standard InChI is InChI=1S/C13H24NO3Si/c1-13(2,3)9-6-10-8-16-12(17-18(4)5)11(15)14(10)7-9/h9-10,12H,6-8H2,1-5H3/t9-,10-,12?/m0/s1. The number of amides is 1. The Hall–Kier alpha value is -0.393. The zero-order valence-electron chi connectivity index (χ0n) is 12.0. The Morgan fingerprint density at radius 3 is 2.61 bits per heavy atom. The third-order valence-corrected chi connectivity index (χ3v) is 4.59. The minimum atomic E-state index is -0.908. The monoisotopic (exact) mass is 270 g/mol. The first-order chi connectivity index (χ1) is 8.29. The van der Waals surface area contributed by atoms with Crippen molar-refractivity contribution < 1.29 is 14.0 Å². The van der Waals surface area contributed by atoms with Crippen molar-refractivity contribution in [2.24, 2.45) is 11.3 Å². The van der Waals surface area contributed by atoms with Crippen LogP contribution in [-0.4, -0.2) is 45.3 Å². The summed E-state index contributed by atoms with van der Waals surface area (Å²) in [5.74, 6) is 0.589. The number of hydrogen-bond acceptors (Lipinski definition) is 3. The summed E-state index contributed by atoms with van der Waals surface area (Å²) < 4.78 is 11.2. The first-order valence-corrected chi connectivity index (χ1v) is 9.08. The van der Waals surface area contributed by atoms with E-state index in [4.69, 9.17) is 9.16 Å². The maximum absolute atomic E-state index is 12.3. The molecule has 2 saturated heterocycles. The molecular formula is C13H24NO3Si. The van der Waals surface area contributed by atoms with Crippen LogP contribution in [0.5, 0.6) is 0 Å². The number of morpholine rings is 1. The zero-order chi connectivity index (χ0) is 13.5. The van der Waals surface area contributed by atoms with Crippen LogP contribution in [0.15, 0.2) is 0 Å². The Balaban J connectivity index is 2.03. The predicted molar refractivity (Wildman–Crippen MR) is 71.4 cm³/mol. The zero-order valence-corrected chi connectivity index (χ0v) is 13.0. The molecule has 0 spiro atoms. The van der Waals surface area contributed by atoms with Gasteiger partial charge in [0.05, 0.1) is 12.6 Å². The largest absolute Gasteiger partial charge is 0.386 e. The Morgan fingerprint density at radius 2 is 2.06 bits per heavy atom. The first-order valence-electron chi connectivity index (χ1n) is 6.68. The van der Waals surface area contributed by atoms with Gasteiger partial charge in [-0.3, -0.25) is 4.79 Å². The van der Waals surface area contributed by atoms with Crippen LogP contribution in [0.2, 0.25) is 13.1 Å². The SMILES string of the molecule is C[Si](C)OC1OC[C@@H]2C[C@H](C(C)(C)C)CN2C1=O. The molecule has 103 valence electrons. The van der Waals surface area contributed by atoms with E-state index >= 15 is 0 Å². The third kappa shape index (κ3) is 2.78. The minimum Gasteiger partial charge on any atom is -0.386 e. The lowest BCUT2D eigenvalue weighted by molar-refractivity contribution is -0.182. The van der Waals surface area contributed by atoms with Gasteiger partial charge in [0.2, 0.25) is 15.3 Å². The van der Waals surface area contributed by atoms with Crippen molar-refractivity contribution in [2.75, 3.05) is 13.2 Å². The summed E-state index contributed by atoms with van der Waals surface area (Å²) in [5, 5.41) is 0. The molecule has 2 fully saturated rings. The van der Waals surface area contributed by atoms with Gasteiger partial charge in [0, 0.05) is 6.54 Å². The van der Waals surface area contributed by atoms with E-state index in [0.717, 1.165) is 13.0 Å². The number of nitrogens with zero attached hydrogens (tertiary/aromatic N) is 1. The van der Waals surface area contributed by atoms with Crippen LogP contribution >= 0.6 is 0 Å². The fraction of sp³-hybridized carbons (Fsp3) is 0.923. The fourth-order valence-electron chi connectivity index (χ4n) is 2.68. The van der Waals surface area contributed by atoms with Gasteiger partial charge < -0.3 is 14.1 Å². The van der Waals surface area contributed by atoms with Crippen molar-refractivity contribution in [3.8, 4) is 0 Å². The van der Waals surface area contributed by atoms with Crippen molar-refractivity contribution in [3.05, 3.63) is 0 Å². The summed E-state index contributed by atoms with van der Waals surface area (Å²) in [6.07, 6.45) is 0.404. The van der Waals surface area contributed by atoms with Crippen molar-refractivity contribution in [1.29, 1.82) is 0 Å². The second-order valence-electron chi connectivity index (χ2n) is 6.63. The highest BCUT2D eigenvalue weighted by atomic mass is 28.3. The van der Waals surface area contributed by atoms with E-state index in [1.807, 2.05) is 18.0 Å². The molecule has 0 saturated carbocycles. The molecule has 1 unspecified atom stereocenters. The lowest BCUT2D eigenvalue weighted by Gasteiger charge is -2.35. The van der Waals surface area contributed by atoms with Crippen molar-refractivity contribution >= 4 is 14.9 Å². The van der Waals surface area contributed by atoms with Gasteiger partial charge in [-0.25, -0.2) is 0 Å². The van der Waals surface area contributed by atoms with Crippen LogP contribution in [0.1, 0.15) is 27.2 Å². The smallest absolute Gasteiger partial charge is 0.278 e. The van der Waals surface area contributed by atoms with Crippen LogP contribution in [0, 0.1) is 11.3 Å². The molecule has 5 heteroatoms. The molecule has 1 amide bonds. The number of hydrogen-bond donors (Lipinski definition) is 0. The molecule has 2 rings (SSSR count). The van der Waals surface area contributed by atoms with E-state index in [2.05, 4.69) is 20.8 Å². The molecule has 0 aromatic heterocycles. The highest BCUT2D eigenvalue weighted by Crippen LogP contribution is 2.38. The molecule has 0 aliphatic carbocycles. The summed E-state index contributed by atoms with van der Waals surface area (Å²) in [7, 11) is -0.908. The molecule has 3 atom stereocenters. The van der Waals surface area contributed by atoms with Gasteiger partial charge >= 0.3 is 0 Å². The number of ether oxygens (including phenoxy) is 1. The van der Waals surface area contributed by atoms with Gasteiger partial charge in [0.1, 0.15) is 0 Å². The predicted octanol–water partition coefficient (Wildman–Crippen LogP) is 1.87. The molecule has 0 aromatic carbocycles. The van der Waals surface area contributed by atoms with Crippen LogP contribution in [0.4, 0.5) is 0 Å². The van der Waals surface area contributed by atoms with Crippen LogP contribution in [-0.2, 0) is 14.0 Å². The summed E-state index contributed by atoms with van der Waals surface area (Å²) in [5.41, 5.74) is 0.248. The average Bonchev–Trinajstić information content (AvgIpc) is 2.66. The number of fused-ring (bicyclic) bond motifs is 1. The third-order valence-electron chi connectivity index (χ3n) is 3.91. The van der Waals surface area contributed by atoms with E-state index in [1.165, 1.54) is 0 Å². The van der Waals surface area contributed by atoms with E-state index in [0.29, 0.717) is 12.5 Å². The summed E-state index contributed by atoms with van der Waals surface area (Å²) >= 11 is 0. The Bertz CT molecular complexity index is 327. The summed E-state index contributed by atoms with van der Waals surface area (Å²) in [6, 6.07) is 0.256. The summed E-state index contributed by atoms with van der Waals surface area (Å²) in [6.45, 7) is 12.3. The Labute approximate surface area is 111 Å². The van der Waals surface area contributed by atoms with Gasteiger partial charge in [-0.15, -0.1) is 0 Å². The lowest BCUT2D eigenvalue weighted by atomic mass is 9.79. The van der Waals surface area contributed by atoms with Gasteiger partial charge in [-0.1, -0.05) is 20.8 Å². The van der Waals surface area contributed by atoms with E-state index in [9.17, 15) is 4.79 Å². The number of rotatable bonds is 2. The van der Waals surface area contributed by atoms with Gasteiger partial charge in [-0.05, 0) is 30.8 Å². The second-order valence-corrected chi connectivity index (χ2v) is 8.69. The Morgan fingerprint density at radius 1 is 1.39 bits per heavy atom. The van der Waals surface area contributed by atoms with Gasteiger partial charge in [0.15, 0.2) is 0 Å². The quantitative estimate of drug-likeness (QED) is 0.719. The lowest BCUT2D eigenvalue weighted by Crippen LogP contribution is -2.52. The molecule has 0 bridgehead atoms. The maximum Gasteiger partial charge on any atom is 0.278 e. The first kappa shape index (κ1) is 14.0. The van der Waals surface area contributed by atoms with Crippen LogP contribution < -0.4 is 0 Å². The highest BCUT2D eigenvalue weighted by molar-refractivity contribution is 6.48. The van der Waals surface area contributed by atoms with Crippen LogP contribution in [0.25, 0.3) is 0 Å². The fourth-order valence-corrected chi connectivity index (χ4v) is 3.27. The van der Waals surface area contributed by atoms with E-state index in [-0.39, 0.29) is 17.4 Å². The van der Waals surface area contributed by atoms with E-state index in [1.54, 1.807) is 0 Å².